The second-order valence-corrected chi connectivity index (χ2v) is 4.84. The molecule has 84 valence electrons. The molecular weight excluding hydrogens is 204 g/mol. The minimum absolute atomic E-state index is 1.33. The molecule has 0 saturated heterocycles. The van der Waals surface area contributed by atoms with Crippen LogP contribution in [0.1, 0.15) is 16.7 Å². The highest BCUT2D eigenvalue weighted by Gasteiger charge is 2.07. The average molecular weight is 220 g/mol. The molecule has 3 aromatic rings. The quantitative estimate of drug-likeness (QED) is 0.472. The van der Waals surface area contributed by atoms with Gasteiger partial charge in [0.15, 0.2) is 0 Å². The van der Waals surface area contributed by atoms with Crippen LogP contribution in [-0.4, -0.2) is 0 Å². The lowest BCUT2D eigenvalue weighted by molar-refractivity contribution is 1.35. The molecule has 0 aliphatic heterocycles. The molecule has 3 aromatic carbocycles. The summed E-state index contributed by atoms with van der Waals surface area (Å²) in [4.78, 5) is 0. The summed E-state index contributed by atoms with van der Waals surface area (Å²) in [6.07, 6.45) is 0. The second-order valence-electron chi connectivity index (χ2n) is 4.84. The predicted octanol–water partition coefficient (Wildman–Crippen LogP) is 4.92. The molecule has 3 rings (SSSR count). The number of hydrogen-bond donors (Lipinski definition) is 0. The largest absolute Gasteiger partial charge is 0.0616 e. The van der Waals surface area contributed by atoms with Crippen LogP contribution in [0.2, 0.25) is 0 Å². The summed E-state index contributed by atoms with van der Waals surface area (Å²) in [6.45, 7) is 6.62. The number of rotatable bonds is 0. The minimum Gasteiger partial charge on any atom is -0.0616 e. The van der Waals surface area contributed by atoms with Crippen LogP contribution in [0.15, 0.2) is 42.5 Å². The van der Waals surface area contributed by atoms with Gasteiger partial charge < -0.3 is 0 Å². The van der Waals surface area contributed by atoms with Crippen molar-refractivity contribution < 1.29 is 0 Å². The van der Waals surface area contributed by atoms with E-state index >= 15 is 0 Å². The fraction of sp³-hybridized carbons (Fsp3) is 0.176. The van der Waals surface area contributed by atoms with E-state index in [1.165, 1.54) is 38.2 Å². The van der Waals surface area contributed by atoms with Crippen LogP contribution in [0.25, 0.3) is 21.5 Å². The fourth-order valence-electron chi connectivity index (χ4n) is 2.71. The van der Waals surface area contributed by atoms with E-state index < -0.39 is 0 Å². The van der Waals surface area contributed by atoms with E-state index in [0.717, 1.165) is 0 Å². The van der Waals surface area contributed by atoms with Crippen molar-refractivity contribution in [3.05, 3.63) is 59.2 Å². The Bertz CT molecular complexity index is 721. The topological polar surface area (TPSA) is 0 Å². The van der Waals surface area contributed by atoms with Crippen LogP contribution in [0.5, 0.6) is 0 Å². The fourth-order valence-corrected chi connectivity index (χ4v) is 2.71. The van der Waals surface area contributed by atoms with Gasteiger partial charge in [-0.2, -0.15) is 0 Å². The second kappa shape index (κ2) is 3.59. The van der Waals surface area contributed by atoms with E-state index in [-0.39, 0.29) is 0 Å². The van der Waals surface area contributed by atoms with Gasteiger partial charge in [-0.05, 0) is 59.0 Å². The summed E-state index contributed by atoms with van der Waals surface area (Å²) >= 11 is 0. The molecule has 0 N–H and O–H groups in total. The highest BCUT2D eigenvalue weighted by Crippen LogP contribution is 2.31. The first-order valence-corrected chi connectivity index (χ1v) is 6.07. The van der Waals surface area contributed by atoms with Gasteiger partial charge in [0.1, 0.15) is 0 Å². The first kappa shape index (κ1) is 10.3. The predicted molar refractivity (Wildman–Crippen MR) is 75.7 cm³/mol. The molecule has 17 heavy (non-hydrogen) atoms. The van der Waals surface area contributed by atoms with Gasteiger partial charge in [-0.25, -0.2) is 0 Å². The molecule has 0 atom stereocenters. The lowest BCUT2D eigenvalue weighted by Gasteiger charge is -2.12. The van der Waals surface area contributed by atoms with Gasteiger partial charge in [-0.1, -0.05) is 42.5 Å². The van der Waals surface area contributed by atoms with Crippen LogP contribution in [-0.2, 0) is 0 Å². The molecule has 0 nitrogen and oxygen atoms in total. The van der Waals surface area contributed by atoms with Gasteiger partial charge >= 0.3 is 0 Å². The van der Waals surface area contributed by atoms with Crippen molar-refractivity contribution in [3.8, 4) is 0 Å². The Morgan fingerprint density at radius 2 is 1.47 bits per heavy atom. The summed E-state index contributed by atoms with van der Waals surface area (Å²) < 4.78 is 0. The van der Waals surface area contributed by atoms with Gasteiger partial charge in [-0.15, -0.1) is 0 Å². The molecule has 0 spiro atoms. The van der Waals surface area contributed by atoms with Gasteiger partial charge in [0.25, 0.3) is 0 Å². The zero-order chi connectivity index (χ0) is 12.0. The Morgan fingerprint density at radius 1 is 0.706 bits per heavy atom. The highest BCUT2D eigenvalue weighted by molar-refractivity contribution is 6.10. The van der Waals surface area contributed by atoms with Gasteiger partial charge in [0.2, 0.25) is 0 Å². The van der Waals surface area contributed by atoms with Crippen molar-refractivity contribution in [2.45, 2.75) is 20.8 Å². The first-order valence-electron chi connectivity index (χ1n) is 6.07. The lowest BCUT2D eigenvalue weighted by atomic mass is 9.92. The number of benzene rings is 3. The SMILES string of the molecule is Cc1cc(C)c2ccc3ccccc3c2c1C. The summed E-state index contributed by atoms with van der Waals surface area (Å²) in [7, 11) is 0. The van der Waals surface area contributed by atoms with E-state index in [0.29, 0.717) is 0 Å². The molecule has 0 aliphatic carbocycles. The van der Waals surface area contributed by atoms with E-state index in [1.807, 2.05) is 0 Å². The molecule has 0 aliphatic rings. The summed E-state index contributed by atoms with van der Waals surface area (Å²) in [6, 6.07) is 15.4. The number of hydrogen-bond acceptors (Lipinski definition) is 0. The molecule has 0 unspecified atom stereocenters. The van der Waals surface area contributed by atoms with Gasteiger partial charge in [0.05, 0.1) is 0 Å². The van der Waals surface area contributed by atoms with E-state index in [2.05, 4.69) is 63.2 Å². The van der Waals surface area contributed by atoms with Crippen LogP contribution in [0.4, 0.5) is 0 Å². The Labute approximate surface area is 102 Å². The zero-order valence-corrected chi connectivity index (χ0v) is 10.5. The Kier molecular flexibility index (Phi) is 2.19. The van der Waals surface area contributed by atoms with Gasteiger partial charge in [-0.3, -0.25) is 0 Å². The molecule has 0 heteroatoms. The summed E-state index contributed by atoms with van der Waals surface area (Å²) in [5, 5.41) is 5.50. The molecule has 0 radical (unpaired) electrons. The maximum absolute atomic E-state index is 2.28. The van der Waals surface area contributed by atoms with Crippen molar-refractivity contribution in [2.75, 3.05) is 0 Å². The summed E-state index contributed by atoms with van der Waals surface area (Å²) in [5.74, 6) is 0. The maximum atomic E-state index is 2.28. The minimum atomic E-state index is 1.33. The van der Waals surface area contributed by atoms with Crippen molar-refractivity contribution in [3.63, 3.8) is 0 Å². The Morgan fingerprint density at radius 3 is 2.29 bits per heavy atom. The molecule has 0 fully saturated rings. The molecular formula is C17H16. The third-order valence-electron chi connectivity index (χ3n) is 3.75. The van der Waals surface area contributed by atoms with E-state index in [9.17, 15) is 0 Å². The van der Waals surface area contributed by atoms with Crippen LogP contribution in [0, 0.1) is 20.8 Å². The smallest absolute Gasteiger partial charge is 0.00708 e. The third kappa shape index (κ3) is 1.44. The lowest BCUT2D eigenvalue weighted by Crippen LogP contribution is -1.89. The van der Waals surface area contributed by atoms with Crippen molar-refractivity contribution in [1.82, 2.24) is 0 Å². The standard InChI is InChI=1S/C17H16/c1-11-10-12(2)15-9-8-14-6-4-5-7-16(14)17(15)13(11)3/h4-10H,1-3H3. The van der Waals surface area contributed by atoms with E-state index in [1.54, 1.807) is 0 Å². The molecule has 0 bridgehead atoms. The van der Waals surface area contributed by atoms with Crippen molar-refractivity contribution >= 4 is 21.5 Å². The molecule has 0 saturated carbocycles. The normalized spacial score (nSPS) is 11.2. The van der Waals surface area contributed by atoms with Gasteiger partial charge in [0, 0.05) is 0 Å². The highest BCUT2D eigenvalue weighted by atomic mass is 14.1. The Balaban J connectivity index is 2.65. The summed E-state index contributed by atoms with van der Waals surface area (Å²) in [5.41, 5.74) is 4.16. The first-order chi connectivity index (χ1) is 8.18. The number of fused-ring (bicyclic) bond motifs is 3. The van der Waals surface area contributed by atoms with Crippen LogP contribution >= 0.6 is 0 Å². The molecule has 0 heterocycles. The monoisotopic (exact) mass is 220 g/mol. The van der Waals surface area contributed by atoms with Crippen molar-refractivity contribution in [2.24, 2.45) is 0 Å². The maximum Gasteiger partial charge on any atom is -0.00708 e. The Hall–Kier alpha value is -1.82. The zero-order valence-electron chi connectivity index (χ0n) is 10.5. The molecule has 0 amide bonds. The van der Waals surface area contributed by atoms with Crippen molar-refractivity contribution in [1.29, 1.82) is 0 Å². The van der Waals surface area contributed by atoms with Crippen LogP contribution < -0.4 is 0 Å². The number of aryl methyl sites for hydroxylation is 3. The average Bonchev–Trinajstić information content (AvgIpc) is 2.35. The van der Waals surface area contributed by atoms with Crippen LogP contribution in [0.3, 0.4) is 0 Å². The van der Waals surface area contributed by atoms with E-state index in [4.69, 9.17) is 0 Å². The molecule has 0 aromatic heterocycles. The third-order valence-corrected chi connectivity index (χ3v) is 3.75.